The summed E-state index contributed by atoms with van der Waals surface area (Å²) in [6, 6.07) is 1.55. The number of pyridine rings is 1. The Bertz CT molecular complexity index is 323. The van der Waals surface area contributed by atoms with Crippen LogP contribution in [0.2, 0.25) is 5.02 Å². The summed E-state index contributed by atoms with van der Waals surface area (Å²) in [5.74, 6) is -0.501. The predicted octanol–water partition coefficient (Wildman–Crippen LogP) is 1.82. The average molecular weight is 187 g/mol. The summed E-state index contributed by atoms with van der Waals surface area (Å²) in [6.07, 6.45) is 2.91. The van der Waals surface area contributed by atoms with Crippen LogP contribution in [0.1, 0.15) is 18.4 Å². The minimum absolute atomic E-state index is 0.433. The van der Waals surface area contributed by atoms with Crippen LogP contribution in [-0.2, 0) is 5.54 Å². The van der Waals surface area contributed by atoms with E-state index in [1.807, 2.05) is 0 Å². The minimum atomic E-state index is -0.501. The van der Waals surface area contributed by atoms with E-state index in [0.29, 0.717) is 10.6 Å². The quantitative estimate of drug-likeness (QED) is 0.680. The fourth-order valence-electron chi connectivity index (χ4n) is 1.18. The molecule has 0 aliphatic heterocycles. The first kappa shape index (κ1) is 7.95. The van der Waals surface area contributed by atoms with Crippen molar-refractivity contribution in [2.75, 3.05) is 0 Å². The zero-order chi connectivity index (χ0) is 8.77. The van der Waals surface area contributed by atoms with Crippen molar-refractivity contribution in [2.45, 2.75) is 18.4 Å². The third-order valence-corrected chi connectivity index (χ3v) is 2.34. The third-order valence-electron chi connectivity index (χ3n) is 2.13. The van der Waals surface area contributed by atoms with Gasteiger partial charge in [-0.3, -0.25) is 0 Å². The van der Waals surface area contributed by atoms with Crippen LogP contribution in [0, 0.1) is 5.95 Å². The van der Waals surface area contributed by atoms with Gasteiger partial charge in [-0.2, -0.15) is 4.39 Å². The number of hydrogen-bond donors (Lipinski definition) is 1. The van der Waals surface area contributed by atoms with Crippen molar-refractivity contribution in [3.8, 4) is 0 Å². The molecule has 1 aromatic rings. The highest BCUT2D eigenvalue weighted by Crippen LogP contribution is 2.43. The van der Waals surface area contributed by atoms with Gasteiger partial charge in [0.1, 0.15) is 0 Å². The van der Waals surface area contributed by atoms with Crippen molar-refractivity contribution in [3.05, 3.63) is 28.8 Å². The maximum Gasteiger partial charge on any atom is 0.217 e. The van der Waals surface area contributed by atoms with Gasteiger partial charge in [0.25, 0.3) is 0 Å². The second-order valence-electron chi connectivity index (χ2n) is 3.15. The van der Waals surface area contributed by atoms with E-state index in [9.17, 15) is 4.39 Å². The molecule has 1 saturated carbocycles. The van der Waals surface area contributed by atoms with E-state index in [1.54, 1.807) is 6.07 Å². The summed E-state index contributed by atoms with van der Waals surface area (Å²) in [5.41, 5.74) is 5.74. The van der Waals surface area contributed by atoms with Gasteiger partial charge in [0, 0.05) is 17.3 Å². The van der Waals surface area contributed by atoms with Gasteiger partial charge in [-0.25, -0.2) is 4.98 Å². The lowest BCUT2D eigenvalue weighted by Gasteiger charge is -2.08. The van der Waals surface area contributed by atoms with Gasteiger partial charge in [-0.15, -0.1) is 0 Å². The van der Waals surface area contributed by atoms with E-state index < -0.39 is 11.5 Å². The molecule has 4 heteroatoms. The Morgan fingerprint density at radius 2 is 2.25 bits per heavy atom. The molecule has 2 nitrogen and oxygen atoms in total. The molecule has 0 radical (unpaired) electrons. The maximum absolute atomic E-state index is 13.1. The standard InChI is InChI=1S/C8H8ClFN2/c9-5-3-6(7(10)12-4-5)8(11)1-2-8/h3-4H,1-2,11H2. The molecule has 0 saturated heterocycles. The van der Waals surface area contributed by atoms with Crippen LogP contribution in [0.5, 0.6) is 0 Å². The zero-order valence-corrected chi connectivity index (χ0v) is 7.11. The highest BCUT2D eigenvalue weighted by molar-refractivity contribution is 6.30. The first-order valence-electron chi connectivity index (χ1n) is 3.72. The van der Waals surface area contributed by atoms with Crippen LogP contribution in [0.4, 0.5) is 4.39 Å². The summed E-state index contributed by atoms with van der Waals surface area (Å²) in [5, 5.41) is 0.433. The van der Waals surface area contributed by atoms with Crippen LogP contribution in [0.3, 0.4) is 0 Å². The lowest BCUT2D eigenvalue weighted by Crippen LogP contribution is -2.20. The number of nitrogens with two attached hydrogens (primary N) is 1. The molecule has 1 aliphatic rings. The van der Waals surface area contributed by atoms with Gasteiger partial charge in [0.15, 0.2) is 0 Å². The smallest absolute Gasteiger partial charge is 0.217 e. The summed E-state index contributed by atoms with van der Waals surface area (Å²) < 4.78 is 13.1. The Balaban J connectivity index is 2.48. The van der Waals surface area contributed by atoms with Crippen molar-refractivity contribution in [2.24, 2.45) is 5.73 Å². The van der Waals surface area contributed by atoms with E-state index in [0.717, 1.165) is 12.8 Å². The van der Waals surface area contributed by atoms with Crippen LogP contribution in [0.25, 0.3) is 0 Å². The molecule has 1 aliphatic carbocycles. The highest BCUT2D eigenvalue weighted by Gasteiger charge is 2.42. The van der Waals surface area contributed by atoms with Gasteiger partial charge < -0.3 is 5.73 Å². The van der Waals surface area contributed by atoms with Gasteiger partial charge in [-0.1, -0.05) is 11.6 Å². The van der Waals surface area contributed by atoms with Crippen molar-refractivity contribution in [3.63, 3.8) is 0 Å². The fourth-order valence-corrected chi connectivity index (χ4v) is 1.33. The van der Waals surface area contributed by atoms with Gasteiger partial charge >= 0.3 is 0 Å². The summed E-state index contributed by atoms with van der Waals surface area (Å²) in [6.45, 7) is 0. The molecule has 0 atom stereocenters. The van der Waals surface area contributed by atoms with Crippen LogP contribution >= 0.6 is 11.6 Å². The Labute approximate surface area is 74.5 Å². The monoisotopic (exact) mass is 186 g/mol. The van der Waals surface area contributed by atoms with E-state index in [-0.39, 0.29) is 0 Å². The Hall–Kier alpha value is -0.670. The summed E-state index contributed by atoms with van der Waals surface area (Å²) >= 11 is 5.67. The molecule has 0 spiro atoms. The van der Waals surface area contributed by atoms with Crippen molar-refractivity contribution >= 4 is 11.6 Å². The van der Waals surface area contributed by atoms with E-state index in [2.05, 4.69) is 4.98 Å². The fraction of sp³-hybridized carbons (Fsp3) is 0.375. The molecule has 1 heterocycles. The second kappa shape index (κ2) is 2.41. The first-order valence-corrected chi connectivity index (χ1v) is 4.10. The van der Waals surface area contributed by atoms with Crippen molar-refractivity contribution in [1.82, 2.24) is 4.98 Å². The first-order chi connectivity index (χ1) is 5.62. The lowest BCUT2D eigenvalue weighted by atomic mass is 10.1. The molecule has 1 aromatic heterocycles. The van der Waals surface area contributed by atoms with E-state index >= 15 is 0 Å². The topological polar surface area (TPSA) is 38.9 Å². The van der Waals surface area contributed by atoms with Crippen molar-refractivity contribution in [1.29, 1.82) is 0 Å². The average Bonchev–Trinajstić information content (AvgIpc) is 2.75. The van der Waals surface area contributed by atoms with Gasteiger partial charge in [-0.05, 0) is 18.9 Å². The van der Waals surface area contributed by atoms with Gasteiger partial charge in [0.2, 0.25) is 5.95 Å². The number of rotatable bonds is 1. The van der Waals surface area contributed by atoms with Crippen LogP contribution in [0.15, 0.2) is 12.3 Å². The van der Waals surface area contributed by atoms with Crippen LogP contribution in [-0.4, -0.2) is 4.98 Å². The Morgan fingerprint density at radius 3 is 2.83 bits per heavy atom. The zero-order valence-electron chi connectivity index (χ0n) is 6.35. The molecule has 1 fully saturated rings. The highest BCUT2D eigenvalue weighted by atomic mass is 35.5. The molecule has 2 N–H and O–H groups in total. The number of hydrogen-bond acceptors (Lipinski definition) is 2. The second-order valence-corrected chi connectivity index (χ2v) is 3.58. The predicted molar refractivity (Wildman–Crippen MR) is 44.3 cm³/mol. The Morgan fingerprint density at radius 1 is 1.58 bits per heavy atom. The van der Waals surface area contributed by atoms with E-state index in [4.69, 9.17) is 17.3 Å². The molecule has 0 amide bonds. The van der Waals surface area contributed by atoms with Crippen molar-refractivity contribution < 1.29 is 4.39 Å². The molecular weight excluding hydrogens is 179 g/mol. The van der Waals surface area contributed by atoms with Crippen LogP contribution < -0.4 is 5.73 Å². The normalized spacial score (nSPS) is 19.2. The SMILES string of the molecule is NC1(c2cc(Cl)cnc2F)CC1. The summed E-state index contributed by atoms with van der Waals surface area (Å²) in [7, 11) is 0. The molecule has 0 bridgehead atoms. The number of aromatic nitrogens is 1. The third kappa shape index (κ3) is 1.19. The van der Waals surface area contributed by atoms with E-state index in [1.165, 1.54) is 6.20 Å². The molecule has 2 rings (SSSR count). The molecule has 0 unspecified atom stereocenters. The molecular formula is C8H8ClFN2. The number of halogens is 2. The minimum Gasteiger partial charge on any atom is -0.321 e. The molecule has 12 heavy (non-hydrogen) atoms. The largest absolute Gasteiger partial charge is 0.321 e. The molecule has 0 aromatic carbocycles. The van der Waals surface area contributed by atoms with Gasteiger partial charge in [0.05, 0.1) is 5.02 Å². The summed E-state index contributed by atoms with van der Waals surface area (Å²) in [4.78, 5) is 3.51. The Kier molecular flexibility index (Phi) is 1.59. The lowest BCUT2D eigenvalue weighted by molar-refractivity contribution is 0.541. The maximum atomic E-state index is 13.1. The molecule has 64 valence electrons. The number of nitrogens with zero attached hydrogens (tertiary/aromatic N) is 1.